The summed E-state index contributed by atoms with van der Waals surface area (Å²) in [5, 5.41) is 0. The monoisotopic (exact) mass is 182 g/mol. The summed E-state index contributed by atoms with van der Waals surface area (Å²) in [6.45, 7) is 7.73. The molecule has 1 rings (SSSR count). The zero-order valence-corrected chi connectivity index (χ0v) is 8.87. The first kappa shape index (κ1) is 10.7. The van der Waals surface area contributed by atoms with Crippen LogP contribution in [0.5, 0.6) is 0 Å². The molecule has 2 unspecified atom stereocenters. The van der Waals surface area contributed by atoms with E-state index in [0.29, 0.717) is 12.0 Å². The van der Waals surface area contributed by atoms with Crippen LogP contribution in [0, 0.1) is 5.92 Å². The van der Waals surface area contributed by atoms with E-state index < -0.39 is 0 Å². The van der Waals surface area contributed by atoms with E-state index >= 15 is 0 Å². The Bertz CT molecular complexity index is 163. The van der Waals surface area contributed by atoms with Gasteiger partial charge in [-0.05, 0) is 39.2 Å². The average molecular weight is 182 g/mol. The van der Waals surface area contributed by atoms with Gasteiger partial charge in [0.25, 0.3) is 0 Å². The van der Waals surface area contributed by atoms with Gasteiger partial charge in [-0.2, -0.15) is 0 Å². The summed E-state index contributed by atoms with van der Waals surface area (Å²) in [7, 11) is 0. The normalized spacial score (nSPS) is 28.1. The number of rotatable bonds is 3. The minimum absolute atomic E-state index is 0.355. The van der Waals surface area contributed by atoms with Gasteiger partial charge in [0.15, 0.2) is 0 Å². The van der Waals surface area contributed by atoms with Crippen molar-refractivity contribution in [2.45, 2.75) is 32.7 Å². The fourth-order valence-corrected chi connectivity index (χ4v) is 1.94. The van der Waals surface area contributed by atoms with Crippen molar-refractivity contribution >= 4 is 0 Å². The summed E-state index contributed by atoms with van der Waals surface area (Å²) in [5.74, 6) is 0.707. The summed E-state index contributed by atoms with van der Waals surface area (Å²) in [5.41, 5.74) is 5.91. The first-order chi connectivity index (χ1) is 6.24. The van der Waals surface area contributed by atoms with Gasteiger partial charge in [0.2, 0.25) is 0 Å². The number of hydrogen-bond donors (Lipinski definition) is 1. The third-order valence-electron chi connectivity index (χ3n) is 2.88. The zero-order chi connectivity index (χ0) is 9.68. The zero-order valence-electron chi connectivity index (χ0n) is 8.87. The summed E-state index contributed by atoms with van der Waals surface area (Å²) < 4.78 is 0. The lowest BCUT2D eigenvalue weighted by molar-refractivity contribution is 0.175. The SMILES string of the molecule is C/C=C/CN1CCCC(C(C)N)C1. The summed E-state index contributed by atoms with van der Waals surface area (Å²) in [4.78, 5) is 2.50. The molecule has 2 N–H and O–H groups in total. The van der Waals surface area contributed by atoms with Crippen LogP contribution in [0.1, 0.15) is 26.7 Å². The molecule has 0 aromatic rings. The molecule has 2 heteroatoms. The smallest absolute Gasteiger partial charge is 0.0163 e. The Morgan fingerprint density at radius 1 is 1.62 bits per heavy atom. The van der Waals surface area contributed by atoms with Crippen molar-refractivity contribution in [3.05, 3.63) is 12.2 Å². The van der Waals surface area contributed by atoms with Crippen LogP contribution >= 0.6 is 0 Å². The molecule has 0 radical (unpaired) electrons. The number of likely N-dealkylation sites (tertiary alicyclic amines) is 1. The van der Waals surface area contributed by atoms with Crippen molar-refractivity contribution < 1.29 is 0 Å². The largest absolute Gasteiger partial charge is 0.328 e. The predicted octanol–water partition coefficient (Wildman–Crippen LogP) is 1.62. The Labute approximate surface area is 81.8 Å². The van der Waals surface area contributed by atoms with E-state index in [-0.39, 0.29) is 0 Å². The number of hydrogen-bond acceptors (Lipinski definition) is 2. The van der Waals surface area contributed by atoms with Crippen molar-refractivity contribution in [1.82, 2.24) is 4.90 Å². The number of nitrogens with zero attached hydrogens (tertiary/aromatic N) is 1. The van der Waals surface area contributed by atoms with Crippen LogP contribution in [-0.2, 0) is 0 Å². The molecule has 1 aliphatic heterocycles. The van der Waals surface area contributed by atoms with E-state index in [1.807, 2.05) is 0 Å². The summed E-state index contributed by atoms with van der Waals surface area (Å²) >= 11 is 0. The van der Waals surface area contributed by atoms with Crippen molar-refractivity contribution in [2.75, 3.05) is 19.6 Å². The molecule has 1 heterocycles. The molecular weight excluding hydrogens is 160 g/mol. The van der Waals surface area contributed by atoms with Gasteiger partial charge >= 0.3 is 0 Å². The van der Waals surface area contributed by atoms with Gasteiger partial charge in [-0.25, -0.2) is 0 Å². The topological polar surface area (TPSA) is 29.3 Å². The van der Waals surface area contributed by atoms with Gasteiger partial charge in [-0.3, -0.25) is 4.90 Å². The molecule has 2 atom stereocenters. The molecule has 13 heavy (non-hydrogen) atoms. The van der Waals surface area contributed by atoms with Crippen LogP contribution in [0.25, 0.3) is 0 Å². The van der Waals surface area contributed by atoms with Crippen molar-refractivity contribution in [1.29, 1.82) is 0 Å². The molecule has 1 fully saturated rings. The Hall–Kier alpha value is -0.340. The second kappa shape index (κ2) is 5.40. The number of allylic oxidation sites excluding steroid dienone is 1. The molecule has 0 amide bonds. The predicted molar refractivity (Wildman–Crippen MR) is 57.6 cm³/mol. The molecule has 0 bridgehead atoms. The van der Waals surface area contributed by atoms with Gasteiger partial charge in [0.05, 0.1) is 0 Å². The Kier molecular flexibility index (Phi) is 4.46. The summed E-state index contributed by atoms with van der Waals surface area (Å²) in [6.07, 6.45) is 6.97. The van der Waals surface area contributed by atoms with Crippen LogP contribution in [0.3, 0.4) is 0 Å². The van der Waals surface area contributed by atoms with E-state index in [0.717, 1.165) is 6.54 Å². The van der Waals surface area contributed by atoms with Crippen molar-refractivity contribution in [2.24, 2.45) is 11.7 Å². The quantitative estimate of drug-likeness (QED) is 0.672. The van der Waals surface area contributed by atoms with Crippen molar-refractivity contribution in [3.63, 3.8) is 0 Å². The second-order valence-corrected chi connectivity index (χ2v) is 4.09. The highest BCUT2D eigenvalue weighted by atomic mass is 15.1. The van der Waals surface area contributed by atoms with E-state index in [4.69, 9.17) is 5.73 Å². The average Bonchev–Trinajstić information content (AvgIpc) is 2.15. The molecule has 0 spiro atoms. The fraction of sp³-hybridized carbons (Fsp3) is 0.818. The molecule has 0 saturated carbocycles. The van der Waals surface area contributed by atoms with Gasteiger partial charge in [0, 0.05) is 19.1 Å². The maximum atomic E-state index is 5.91. The van der Waals surface area contributed by atoms with Gasteiger partial charge < -0.3 is 5.73 Å². The molecule has 1 saturated heterocycles. The molecule has 0 aliphatic carbocycles. The maximum absolute atomic E-state index is 5.91. The minimum atomic E-state index is 0.355. The molecule has 2 nitrogen and oxygen atoms in total. The lowest BCUT2D eigenvalue weighted by Crippen LogP contribution is -2.42. The van der Waals surface area contributed by atoms with E-state index in [1.165, 1.54) is 25.9 Å². The second-order valence-electron chi connectivity index (χ2n) is 4.09. The minimum Gasteiger partial charge on any atom is -0.328 e. The highest BCUT2D eigenvalue weighted by molar-refractivity contribution is 4.85. The molecular formula is C11H22N2. The number of piperidine rings is 1. The van der Waals surface area contributed by atoms with Crippen LogP contribution in [-0.4, -0.2) is 30.6 Å². The van der Waals surface area contributed by atoms with Gasteiger partial charge in [0.1, 0.15) is 0 Å². The Morgan fingerprint density at radius 3 is 3.00 bits per heavy atom. The van der Waals surface area contributed by atoms with Crippen molar-refractivity contribution in [3.8, 4) is 0 Å². The van der Waals surface area contributed by atoms with Crippen LogP contribution < -0.4 is 5.73 Å². The third-order valence-corrected chi connectivity index (χ3v) is 2.88. The first-order valence-corrected chi connectivity index (χ1v) is 5.33. The van der Waals surface area contributed by atoms with E-state index in [1.54, 1.807) is 0 Å². The standard InChI is InChI=1S/C11H22N2/c1-3-4-7-13-8-5-6-11(9-13)10(2)12/h3-4,10-11H,5-9,12H2,1-2H3/b4-3+. The Balaban J connectivity index is 2.33. The maximum Gasteiger partial charge on any atom is 0.0163 e. The number of nitrogens with two attached hydrogens (primary N) is 1. The molecule has 1 aliphatic rings. The highest BCUT2D eigenvalue weighted by Crippen LogP contribution is 2.18. The van der Waals surface area contributed by atoms with Gasteiger partial charge in [-0.15, -0.1) is 0 Å². The highest BCUT2D eigenvalue weighted by Gasteiger charge is 2.21. The molecule has 0 aromatic heterocycles. The lowest BCUT2D eigenvalue weighted by atomic mass is 9.92. The summed E-state index contributed by atoms with van der Waals surface area (Å²) in [6, 6.07) is 0.355. The van der Waals surface area contributed by atoms with Crippen LogP contribution in [0.2, 0.25) is 0 Å². The van der Waals surface area contributed by atoms with Crippen LogP contribution in [0.15, 0.2) is 12.2 Å². The van der Waals surface area contributed by atoms with E-state index in [2.05, 4.69) is 30.9 Å². The third kappa shape index (κ3) is 3.49. The molecule has 0 aromatic carbocycles. The van der Waals surface area contributed by atoms with Gasteiger partial charge in [-0.1, -0.05) is 12.2 Å². The fourth-order valence-electron chi connectivity index (χ4n) is 1.94. The Morgan fingerprint density at radius 2 is 2.38 bits per heavy atom. The lowest BCUT2D eigenvalue weighted by Gasteiger charge is -2.33. The van der Waals surface area contributed by atoms with E-state index in [9.17, 15) is 0 Å². The molecule has 76 valence electrons. The van der Waals surface area contributed by atoms with Crippen LogP contribution in [0.4, 0.5) is 0 Å². The first-order valence-electron chi connectivity index (χ1n) is 5.33.